The van der Waals surface area contributed by atoms with Gasteiger partial charge in [0.25, 0.3) is 10.0 Å². The Bertz CT molecular complexity index is 770. The van der Waals surface area contributed by atoms with Crippen molar-refractivity contribution in [3.05, 3.63) is 41.0 Å². The van der Waals surface area contributed by atoms with Crippen molar-refractivity contribution in [3.8, 4) is 0 Å². The second kappa shape index (κ2) is 5.14. The topological polar surface area (TPSA) is 101 Å². The zero-order valence-electron chi connectivity index (χ0n) is 10.2. The molecule has 1 aromatic heterocycles. The Hall–Kier alpha value is -2.06. The SMILES string of the molecule is Cn1nccc1S(=O)(=O)Nc1cc(Cl)ccc1C(=O)O. The van der Waals surface area contributed by atoms with Crippen molar-refractivity contribution < 1.29 is 18.3 Å². The molecular formula is C11H10ClN3O4S. The van der Waals surface area contributed by atoms with Gasteiger partial charge < -0.3 is 5.11 Å². The average Bonchev–Trinajstić information content (AvgIpc) is 2.75. The van der Waals surface area contributed by atoms with E-state index in [1.54, 1.807) is 0 Å². The highest BCUT2D eigenvalue weighted by molar-refractivity contribution is 7.92. The van der Waals surface area contributed by atoms with Crippen LogP contribution in [-0.2, 0) is 17.1 Å². The monoisotopic (exact) mass is 315 g/mol. The lowest BCUT2D eigenvalue weighted by molar-refractivity contribution is 0.0698. The summed E-state index contributed by atoms with van der Waals surface area (Å²) in [6.45, 7) is 0. The molecule has 0 amide bonds. The molecule has 1 heterocycles. The quantitative estimate of drug-likeness (QED) is 0.891. The van der Waals surface area contributed by atoms with Crippen LogP contribution < -0.4 is 4.72 Å². The van der Waals surface area contributed by atoms with Crippen LogP contribution in [0, 0.1) is 0 Å². The molecule has 0 saturated heterocycles. The Morgan fingerprint density at radius 3 is 2.65 bits per heavy atom. The fourth-order valence-corrected chi connectivity index (χ4v) is 2.98. The second-order valence-corrected chi connectivity index (χ2v) is 5.96. The molecule has 0 aliphatic heterocycles. The van der Waals surface area contributed by atoms with Gasteiger partial charge in [0, 0.05) is 12.1 Å². The van der Waals surface area contributed by atoms with E-state index < -0.39 is 16.0 Å². The standard InChI is InChI=1S/C11H10ClN3O4S/c1-15-10(4-5-13-15)20(18,19)14-9-6-7(12)2-3-8(9)11(16)17/h2-6,14H,1H3,(H,16,17). The molecule has 1 aromatic carbocycles. The molecule has 0 fully saturated rings. The smallest absolute Gasteiger partial charge is 0.337 e. The predicted molar refractivity (Wildman–Crippen MR) is 72.4 cm³/mol. The molecule has 0 bridgehead atoms. The van der Waals surface area contributed by atoms with E-state index in [-0.39, 0.29) is 21.3 Å². The molecule has 0 atom stereocenters. The average molecular weight is 316 g/mol. The van der Waals surface area contributed by atoms with Crippen molar-refractivity contribution >= 4 is 33.3 Å². The van der Waals surface area contributed by atoms with E-state index in [2.05, 4.69) is 9.82 Å². The van der Waals surface area contributed by atoms with Gasteiger partial charge in [-0.2, -0.15) is 13.5 Å². The van der Waals surface area contributed by atoms with Crippen molar-refractivity contribution in [2.45, 2.75) is 5.03 Å². The second-order valence-electron chi connectivity index (χ2n) is 3.89. The van der Waals surface area contributed by atoms with Crippen LogP contribution in [0.5, 0.6) is 0 Å². The van der Waals surface area contributed by atoms with Crippen molar-refractivity contribution in [3.63, 3.8) is 0 Å². The number of hydrogen-bond donors (Lipinski definition) is 2. The summed E-state index contributed by atoms with van der Waals surface area (Å²) < 4.78 is 27.7. The number of carbonyl (C=O) groups is 1. The molecule has 106 valence electrons. The summed E-state index contributed by atoms with van der Waals surface area (Å²) in [4.78, 5) is 11.1. The lowest BCUT2D eigenvalue weighted by Crippen LogP contribution is -2.18. The highest BCUT2D eigenvalue weighted by Gasteiger charge is 2.21. The Kier molecular flexibility index (Phi) is 3.69. The number of halogens is 1. The Balaban J connectivity index is 2.47. The van der Waals surface area contributed by atoms with Gasteiger partial charge in [-0.15, -0.1) is 0 Å². The molecule has 0 spiro atoms. The summed E-state index contributed by atoms with van der Waals surface area (Å²) in [7, 11) is -2.48. The Labute approximate surface area is 119 Å². The van der Waals surface area contributed by atoms with Gasteiger partial charge in [0.15, 0.2) is 5.03 Å². The number of sulfonamides is 1. The first-order valence-corrected chi connectivity index (χ1v) is 7.21. The minimum absolute atomic E-state index is 0.0891. The van der Waals surface area contributed by atoms with Crippen LogP contribution >= 0.6 is 11.6 Å². The Morgan fingerprint density at radius 1 is 1.40 bits per heavy atom. The number of hydrogen-bond acceptors (Lipinski definition) is 4. The maximum absolute atomic E-state index is 12.2. The highest BCUT2D eigenvalue weighted by atomic mass is 35.5. The van der Waals surface area contributed by atoms with Gasteiger partial charge in [0.05, 0.1) is 17.4 Å². The van der Waals surface area contributed by atoms with Gasteiger partial charge in [0.1, 0.15) is 0 Å². The van der Waals surface area contributed by atoms with Crippen LogP contribution in [0.15, 0.2) is 35.5 Å². The van der Waals surface area contributed by atoms with Crippen LogP contribution in [0.4, 0.5) is 5.69 Å². The van der Waals surface area contributed by atoms with E-state index in [1.807, 2.05) is 0 Å². The first-order valence-electron chi connectivity index (χ1n) is 5.35. The van der Waals surface area contributed by atoms with Crippen LogP contribution in [0.25, 0.3) is 0 Å². The molecular weight excluding hydrogens is 306 g/mol. The summed E-state index contributed by atoms with van der Waals surface area (Å²) in [5.74, 6) is -1.26. The van der Waals surface area contributed by atoms with Crippen LogP contribution in [0.3, 0.4) is 0 Å². The van der Waals surface area contributed by atoms with Crippen LogP contribution in [-0.4, -0.2) is 29.3 Å². The maximum atomic E-state index is 12.2. The number of carboxylic acid groups (broad SMARTS) is 1. The van der Waals surface area contributed by atoms with E-state index in [9.17, 15) is 13.2 Å². The molecule has 0 radical (unpaired) electrons. The van der Waals surface area contributed by atoms with Crippen molar-refractivity contribution in [2.75, 3.05) is 4.72 Å². The third kappa shape index (κ3) is 2.75. The van der Waals surface area contributed by atoms with Crippen molar-refractivity contribution in [1.29, 1.82) is 0 Å². The third-order valence-electron chi connectivity index (χ3n) is 2.51. The third-order valence-corrected chi connectivity index (χ3v) is 4.18. The highest BCUT2D eigenvalue weighted by Crippen LogP contribution is 2.24. The van der Waals surface area contributed by atoms with E-state index in [0.29, 0.717) is 0 Å². The number of carboxylic acids is 1. The minimum atomic E-state index is -3.94. The largest absolute Gasteiger partial charge is 0.478 e. The summed E-state index contributed by atoms with van der Waals surface area (Å²) >= 11 is 5.76. The maximum Gasteiger partial charge on any atom is 0.337 e. The normalized spacial score (nSPS) is 11.3. The van der Waals surface area contributed by atoms with E-state index in [1.165, 1.54) is 37.5 Å². The molecule has 7 nitrogen and oxygen atoms in total. The number of nitrogens with zero attached hydrogens (tertiary/aromatic N) is 2. The van der Waals surface area contributed by atoms with Crippen molar-refractivity contribution in [1.82, 2.24) is 9.78 Å². The summed E-state index contributed by atoms with van der Waals surface area (Å²) in [5.41, 5.74) is -0.300. The van der Waals surface area contributed by atoms with Crippen LogP contribution in [0.1, 0.15) is 10.4 Å². The first kappa shape index (κ1) is 14.4. The fraction of sp³-hybridized carbons (Fsp3) is 0.0909. The number of nitrogens with one attached hydrogen (secondary N) is 1. The fourth-order valence-electron chi connectivity index (χ4n) is 1.61. The molecule has 0 unspecified atom stereocenters. The molecule has 2 N–H and O–H groups in total. The lowest BCUT2D eigenvalue weighted by atomic mass is 10.2. The first-order chi connectivity index (χ1) is 9.31. The van der Waals surface area contributed by atoms with Gasteiger partial charge in [-0.05, 0) is 24.3 Å². The van der Waals surface area contributed by atoms with Gasteiger partial charge in [-0.25, -0.2) is 4.79 Å². The van der Waals surface area contributed by atoms with Crippen LogP contribution in [0.2, 0.25) is 5.02 Å². The summed E-state index contributed by atoms with van der Waals surface area (Å²) in [5, 5.41) is 12.9. The van der Waals surface area contributed by atoms with Gasteiger partial charge in [0.2, 0.25) is 0 Å². The summed E-state index contributed by atoms with van der Waals surface area (Å²) in [6, 6.07) is 5.13. The zero-order chi connectivity index (χ0) is 14.9. The number of benzene rings is 1. The number of aromatic carboxylic acids is 1. The molecule has 9 heteroatoms. The van der Waals surface area contributed by atoms with Gasteiger partial charge >= 0.3 is 5.97 Å². The molecule has 2 aromatic rings. The number of rotatable bonds is 4. The van der Waals surface area contributed by atoms with Crippen molar-refractivity contribution in [2.24, 2.45) is 7.05 Å². The molecule has 0 saturated carbocycles. The Morgan fingerprint density at radius 2 is 2.10 bits per heavy atom. The lowest BCUT2D eigenvalue weighted by Gasteiger charge is -2.10. The molecule has 0 aliphatic carbocycles. The summed E-state index contributed by atoms with van der Waals surface area (Å²) in [6.07, 6.45) is 1.32. The van der Waals surface area contributed by atoms with Gasteiger partial charge in [-0.3, -0.25) is 9.40 Å². The van der Waals surface area contributed by atoms with E-state index >= 15 is 0 Å². The van der Waals surface area contributed by atoms with Gasteiger partial charge in [-0.1, -0.05) is 11.6 Å². The zero-order valence-corrected chi connectivity index (χ0v) is 11.8. The minimum Gasteiger partial charge on any atom is -0.478 e. The molecule has 20 heavy (non-hydrogen) atoms. The number of aryl methyl sites for hydroxylation is 1. The predicted octanol–water partition coefficient (Wildman–Crippen LogP) is 1.57. The molecule has 0 aliphatic rings. The van der Waals surface area contributed by atoms with E-state index in [4.69, 9.17) is 16.7 Å². The van der Waals surface area contributed by atoms with E-state index in [0.717, 1.165) is 4.68 Å². The number of aromatic nitrogens is 2. The number of anilines is 1. The molecule has 2 rings (SSSR count).